The Morgan fingerprint density at radius 2 is 2.00 bits per heavy atom. The van der Waals surface area contributed by atoms with Gasteiger partial charge in [-0.05, 0) is 18.8 Å². The maximum Gasteiger partial charge on any atom is 0.144 e. The normalized spacial score (nSPS) is 44.6. The standard InChI is InChI=1S/C16H24O3/c1-10-13-8-9-16(19-13,11(2)14(10)17)15(18)12-6-4-3-5-7-12/h8-13,15,18H,3-7H2,1-2H3/t10-,11-,13-,15+,16-/m1/s1. The first-order chi connectivity index (χ1) is 9.06. The van der Waals surface area contributed by atoms with E-state index < -0.39 is 11.7 Å². The molecule has 0 aromatic carbocycles. The van der Waals surface area contributed by atoms with Gasteiger partial charge in [-0.1, -0.05) is 45.3 Å². The molecule has 106 valence electrons. The molecule has 3 nitrogen and oxygen atoms in total. The summed E-state index contributed by atoms with van der Waals surface area (Å²) < 4.78 is 6.11. The molecule has 2 fully saturated rings. The van der Waals surface area contributed by atoms with Gasteiger partial charge in [-0.3, -0.25) is 4.79 Å². The summed E-state index contributed by atoms with van der Waals surface area (Å²) in [4.78, 5) is 12.3. The molecule has 0 aromatic rings. The fourth-order valence-corrected chi connectivity index (χ4v) is 4.10. The van der Waals surface area contributed by atoms with Crippen LogP contribution in [0.15, 0.2) is 12.2 Å². The summed E-state index contributed by atoms with van der Waals surface area (Å²) in [6.45, 7) is 3.84. The zero-order valence-corrected chi connectivity index (χ0v) is 11.8. The Hall–Kier alpha value is -0.670. The van der Waals surface area contributed by atoms with Crippen molar-refractivity contribution in [3.8, 4) is 0 Å². The van der Waals surface area contributed by atoms with Crippen molar-refractivity contribution in [1.82, 2.24) is 0 Å². The van der Waals surface area contributed by atoms with Crippen LogP contribution >= 0.6 is 0 Å². The smallest absolute Gasteiger partial charge is 0.144 e. The van der Waals surface area contributed by atoms with Gasteiger partial charge in [0.1, 0.15) is 11.4 Å². The first-order valence-electron chi connectivity index (χ1n) is 7.65. The van der Waals surface area contributed by atoms with Crippen molar-refractivity contribution in [3.05, 3.63) is 12.2 Å². The second-order valence-corrected chi connectivity index (χ2v) is 6.55. The molecular formula is C16H24O3. The molecule has 0 spiro atoms. The number of Topliss-reactive ketones (excluding diaryl/α,β-unsaturated/α-hetero) is 1. The van der Waals surface area contributed by atoms with E-state index in [2.05, 4.69) is 0 Å². The predicted molar refractivity (Wildman–Crippen MR) is 72.7 cm³/mol. The predicted octanol–water partition coefficient (Wildman–Crippen LogP) is 2.48. The Morgan fingerprint density at radius 1 is 1.32 bits per heavy atom. The highest BCUT2D eigenvalue weighted by Gasteiger charge is 2.57. The first-order valence-corrected chi connectivity index (χ1v) is 7.65. The number of fused-ring (bicyclic) bond motifs is 2. The molecule has 3 heteroatoms. The Kier molecular flexibility index (Phi) is 3.30. The molecule has 2 heterocycles. The van der Waals surface area contributed by atoms with Crippen LogP contribution in [0.3, 0.4) is 0 Å². The third kappa shape index (κ3) is 1.90. The van der Waals surface area contributed by atoms with Crippen molar-refractivity contribution in [1.29, 1.82) is 0 Å². The summed E-state index contributed by atoms with van der Waals surface area (Å²) in [5.74, 6) is 0.187. The number of carbonyl (C=O) groups excluding carboxylic acids is 1. The summed E-state index contributed by atoms with van der Waals surface area (Å²) in [7, 11) is 0. The van der Waals surface area contributed by atoms with Gasteiger partial charge in [-0.25, -0.2) is 0 Å². The number of ketones is 1. The van der Waals surface area contributed by atoms with Crippen molar-refractivity contribution >= 4 is 5.78 Å². The Balaban J connectivity index is 1.86. The topological polar surface area (TPSA) is 46.5 Å². The summed E-state index contributed by atoms with van der Waals surface area (Å²) in [6, 6.07) is 0. The molecule has 3 rings (SSSR count). The molecular weight excluding hydrogens is 240 g/mol. The average Bonchev–Trinajstić information content (AvgIpc) is 2.87. The van der Waals surface area contributed by atoms with Crippen molar-refractivity contribution in [2.75, 3.05) is 0 Å². The lowest BCUT2D eigenvalue weighted by atomic mass is 9.70. The van der Waals surface area contributed by atoms with E-state index in [1.165, 1.54) is 19.3 Å². The molecule has 0 amide bonds. The van der Waals surface area contributed by atoms with Crippen LogP contribution in [-0.2, 0) is 9.53 Å². The van der Waals surface area contributed by atoms with E-state index in [1.54, 1.807) is 0 Å². The molecule has 19 heavy (non-hydrogen) atoms. The number of aliphatic hydroxyl groups is 1. The third-order valence-electron chi connectivity index (χ3n) is 5.49. The van der Waals surface area contributed by atoms with Crippen LogP contribution in [0.5, 0.6) is 0 Å². The van der Waals surface area contributed by atoms with Crippen LogP contribution in [0.1, 0.15) is 46.0 Å². The number of hydrogen-bond donors (Lipinski definition) is 1. The van der Waals surface area contributed by atoms with Gasteiger partial charge in [0.25, 0.3) is 0 Å². The maximum atomic E-state index is 12.3. The van der Waals surface area contributed by atoms with Crippen molar-refractivity contribution < 1.29 is 14.6 Å². The van der Waals surface area contributed by atoms with Gasteiger partial charge < -0.3 is 9.84 Å². The number of hydrogen-bond acceptors (Lipinski definition) is 3. The zero-order chi connectivity index (χ0) is 13.6. The van der Waals surface area contributed by atoms with E-state index in [9.17, 15) is 9.90 Å². The SMILES string of the molecule is C[C@@H]1C(=O)[C@H](C)[C@H]2C=C[C@@]1([C@@H](O)C1CCCCC1)O2. The highest BCUT2D eigenvalue weighted by Crippen LogP contribution is 2.46. The summed E-state index contributed by atoms with van der Waals surface area (Å²) in [6.07, 6.45) is 9.03. The van der Waals surface area contributed by atoms with Gasteiger partial charge in [0.2, 0.25) is 0 Å². The Morgan fingerprint density at radius 3 is 2.68 bits per heavy atom. The minimum atomic E-state index is -0.754. The van der Waals surface area contributed by atoms with E-state index in [1.807, 2.05) is 26.0 Å². The van der Waals surface area contributed by atoms with Gasteiger partial charge in [-0.2, -0.15) is 0 Å². The second-order valence-electron chi connectivity index (χ2n) is 6.55. The Labute approximate surface area is 115 Å². The molecule has 3 aliphatic rings. The number of ether oxygens (including phenoxy) is 1. The molecule has 0 radical (unpaired) electrons. The van der Waals surface area contributed by atoms with Gasteiger partial charge in [0.15, 0.2) is 0 Å². The van der Waals surface area contributed by atoms with E-state index in [-0.39, 0.29) is 29.6 Å². The van der Waals surface area contributed by atoms with Crippen LogP contribution in [-0.4, -0.2) is 28.7 Å². The molecule has 1 N–H and O–H groups in total. The quantitative estimate of drug-likeness (QED) is 0.779. The zero-order valence-electron chi connectivity index (χ0n) is 11.8. The van der Waals surface area contributed by atoms with Crippen LogP contribution < -0.4 is 0 Å². The van der Waals surface area contributed by atoms with E-state index in [0.717, 1.165) is 12.8 Å². The third-order valence-corrected chi connectivity index (χ3v) is 5.49. The first kappa shape index (κ1) is 13.3. The van der Waals surface area contributed by atoms with Crippen LogP contribution in [0.25, 0.3) is 0 Å². The lowest BCUT2D eigenvalue weighted by Gasteiger charge is -2.46. The second kappa shape index (κ2) is 4.71. The van der Waals surface area contributed by atoms with Gasteiger partial charge in [0, 0.05) is 5.92 Å². The monoisotopic (exact) mass is 264 g/mol. The molecule has 2 bridgehead atoms. The van der Waals surface area contributed by atoms with E-state index in [4.69, 9.17) is 4.74 Å². The highest BCUT2D eigenvalue weighted by molar-refractivity contribution is 5.86. The average molecular weight is 264 g/mol. The summed E-state index contributed by atoms with van der Waals surface area (Å²) in [5, 5.41) is 10.8. The van der Waals surface area contributed by atoms with Gasteiger partial charge in [-0.15, -0.1) is 0 Å². The van der Waals surface area contributed by atoms with Crippen molar-refractivity contribution in [3.63, 3.8) is 0 Å². The van der Waals surface area contributed by atoms with Crippen molar-refractivity contribution in [2.24, 2.45) is 17.8 Å². The molecule has 1 aliphatic carbocycles. The fourth-order valence-electron chi connectivity index (χ4n) is 4.10. The minimum absolute atomic E-state index is 0.0829. The maximum absolute atomic E-state index is 12.3. The Bertz CT molecular complexity index is 397. The molecule has 0 aromatic heterocycles. The fraction of sp³-hybridized carbons (Fsp3) is 0.812. The number of aliphatic hydroxyl groups excluding tert-OH is 1. The van der Waals surface area contributed by atoms with Gasteiger partial charge in [0.05, 0.1) is 18.1 Å². The number of carbonyl (C=O) groups is 1. The van der Waals surface area contributed by atoms with Crippen LogP contribution in [0.2, 0.25) is 0 Å². The van der Waals surface area contributed by atoms with Crippen LogP contribution in [0, 0.1) is 17.8 Å². The van der Waals surface area contributed by atoms with Gasteiger partial charge >= 0.3 is 0 Å². The largest absolute Gasteiger partial charge is 0.389 e. The van der Waals surface area contributed by atoms with E-state index in [0.29, 0.717) is 0 Å². The molecule has 5 atom stereocenters. The molecule has 2 aliphatic heterocycles. The summed E-state index contributed by atoms with van der Waals surface area (Å²) in [5.41, 5.74) is -0.754. The minimum Gasteiger partial charge on any atom is -0.389 e. The van der Waals surface area contributed by atoms with E-state index >= 15 is 0 Å². The lowest BCUT2D eigenvalue weighted by Crippen LogP contribution is -2.58. The number of rotatable bonds is 2. The molecule has 0 unspecified atom stereocenters. The molecule has 1 saturated heterocycles. The van der Waals surface area contributed by atoms with Crippen LogP contribution in [0.4, 0.5) is 0 Å². The lowest BCUT2D eigenvalue weighted by molar-refractivity contribution is -0.189. The molecule has 1 saturated carbocycles. The van der Waals surface area contributed by atoms with Crippen molar-refractivity contribution in [2.45, 2.75) is 63.8 Å². The highest BCUT2D eigenvalue weighted by atomic mass is 16.5. The summed E-state index contributed by atoms with van der Waals surface area (Å²) >= 11 is 0.